The Balaban J connectivity index is 1.64. The largest absolute Gasteiger partial charge is 0.478 e. The van der Waals surface area contributed by atoms with Crippen molar-refractivity contribution in [3.8, 4) is 0 Å². The van der Waals surface area contributed by atoms with Gasteiger partial charge in [0, 0.05) is 7.11 Å². The van der Waals surface area contributed by atoms with Crippen molar-refractivity contribution in [3.05, 3.63) is 107 Å². The van der Waals surface area contributed by atoms with Gasteiger partial charge in [-0.15, -0.1) is 0 Å². The molecule has 1 aliphatic rings. The van der Waals surface area contributed by atoms with Gasteiger partial charge in [-0.3, -0.25) is 4.79 Å². The molecule has 0 saturated carbocycles. The summed E-state index contributed by atoms with van der Waals surface area (Å²) >= 11 is 0. The number of hydrogen-bond donors (Lipinski definition) is 3. The number of carbonyl (C=O) groups excluding carboxylic acids is 1. The van der Waals surface area contributed by atoms with E-state index in [9.17, 15) is 19.8 Å². The molecule has 9 nitrogen and oxygen atoms in total. The summed E-state index contributed by atoms with van der Waals surface area (Å²) in [5, 5.41) is 22.6. The highest BCUT2D eigenvalue weighted by molar-refractivity contribution is 6.04. The van der Waals surface area contributed by atoms with Crippen molar-refractivity contribution in [3.63, 3.8) is 0 Å². The molecule has 0 radical (unpaired) electrons. The Morgan fingerprint density at radius 2 is 1.34 bits per heavy atom. The molecule has 5 atom stereocenters. The molecule has 1 saturated heterocycles. The molecular weight excluding hydrogens is 490 g/mol. The van der Waals surface area contributed by atoms with Crippen LogP contribution in [0.25, 0.3) is 0 Å². The van der Waals surface area contributed by atoms with E-state index < -0.39 is 42.5 Å². The summed E-state index contributed by atoms with van der Waals surface area (Å²) in [7, 11) is 1.42. The lowest BCUT2D eigenvalue weighted by molar-refractivity contribution is -0.281. The van der Waals surface area contributed by atoms with Crippen molar-refractivity contribution < 1.29 is 38.7 Å². The van der Waals surface area contributed by atoms with Crippen LogP contribution in [0.15, 0.2) is 84.9 Å². The van der Waals surface area contributed by atoms with Gasteiger partial charge in [-0.2, -0.15) is 0 Å². The minimum absolute atomic E-state index is 0.0114. The van der Waals surface area contributed by atoms with Crippen LogP contribution in [-0.2, 0) is 32.2 Å². The van der Waals surface area contributed by atoms with E-state index in [1.807, 2.05) is 60.7 Å². The zero-order valence-electron chi connectivity index (χ0n) is 20.9. The van der Waals surface area contributed by atoms with E-state index in [0.717, 1.165) is 11.1 Å². The maximum Gasteiger partial charge on any atom is 0.336 e. The first-order valence-corrected chi connectivity index (χ1v) is 12.2. The molecule has 0 aliphatic carbocycles. The van der Waals surface area contributed by atoms with E-state index in [0.29, 0.717) is 0 Å². The molecule has 3 aromatic carbocycles. The molecule has 9 heteroatoms. The summed E-state index contributed by atoms with van der Waals surface area (Å²) in [5.74, 6) is -1.85. The fourth-order valence-corrected chi connectivity index (χ4v) is 4.44. The molecule has 4 rings (SSSR count). The number of nitrogens with one attached hydrogen (secondary N) is 1. The van der Waals surface area contributed by atoms with Crippen molar-refractivity contribution >= 4 is 11.9 Å². The molecule has 3 aromatic rings. The lowest BCUT2D eigenvalue weighted by Crippen LogP contribution is -2.66. The average Bonchev–Trinajstić information content (AvgIpc) is 2.96. The number of hydrogen-bond acceptors (Lipinski definition) is 7. The number of methoxy groups -OCH3 is 1. The number of rotatable bonds is 11. The molecule has 0 aromatic heterocycles. The van der Waals surface area contributed by atoms with E-state index in [1.54, 1.807) is 12.1 Å². The van der Waals surface area contributed by atoms with Gasteiger partial charge < -0.3 is 34.5 Å². The number of carbonyl (C=O) groups is 2. The van der Waals surface area contributed by atoms with Gasteiger partial charge in [0.05, 0.1) is 30.9 Å². The van der Waals surface area contributed by atoms with E-state index in [4.69, 9.17) is 18.9 Å². The Hall–Kier alpha value is -3.60. The summed E-state index contributed by atoms with van der Waals surface area (Å²) in [5.41, 5.74) is 1.66. The lowest BCUT2D eigenvalue weighted by atomic mass is 9.95. The van der Waals surface area contributed by atoms with Crippen LogP contribution in [-0.4, -0.2) is 66.4 Å². The van der Waals surface area contributed by atoms with Crippen LogP contribution in [0.2, 0.25) is 0 Å². The van der Waals surface area contributed by atoms with E-state index in [1.165, 1.54) is 19.2 Å². The molecule has 200 valence electrons. The first-order chi connectivity index (χ1) is 18.5. The van der Waals surface area contributed by atoms with Gasteiger partial charge in [-0.1, -0.05) is 72.8 Å². The van der Waals surface area contributed by atoms with E-state index >= 15 is 0 Å². The van der Waals surface area contributed by atoms with Crippen LogP contribution in [0, 0.1) is 0 Å². The number of benzene rings is 3. The van der Waals surface area contributed by atoms with Gasteiger partial charge in [0.2, 0.25) is 0 Å². The van der Waals surface area contributed by atoms with Crippen LogP contribution in [0.1, 0.15) is 31.8 Å². The second kappa shape index (κ2) is 13.3. The maximum absolute atomic E-state index is 13.3. The molecule has 0 unspecified atom stereocenters. The summed E-state index contributed by atoms with van der Waals surface area (Å²) in [4.78, 5) is 25.0. The maximum atomic E-state index is 13.3. The van der Waals surface area contributed by atoms with Gasteiger partial charge in [0.1, 0.15) is 24.4 Å². The number of aliphatic hydroxyl groups excluding tert-OH is 1. The Morgan fingerprint density at radius 1 is 0.816 bits per heavy atom. The summed E-state index contributed by atoms with van der Waals surface area (Å²) < 4.78 is 24.1. The lowest BCUT2D eigenvalue weighted by Gasteiger charge is -2.45. The van der Waals surface area contributed by atoms with Gasteiger partial charge in [-0.25, -0.2) is 4.79 Å². The highest BCUT2D eigenvalue weighted by atomic mass is 16.7. The highest BCUT2D eigenvalue weighted by Crippen LogP contribution is 2.29. The molecule has 0 spiro atoms. The van der Waals surface area contributed by atoms with Gasteiger partial charge in [-0.05, 0) is 23.3 Å². The molecule has 1 amide bonds. The molecule has 0 bridgehead atoms. The molecular formula is C29H31NO8. The van der Waals surface area contributed by atoms with Gasteiger partial charge >= 0.3 is 5.97 Å². The van der Waals surface area contributed by atoms with Crippen molar-refractivity contribution in [2.75, 3.05) is 13.7 Å². The minimum Gasteiger partial charge on any atom is -0.478 e. The van der Waals surface area contributed by atoms with E-state index in [2.05, 4.69) is 5.32 Å². The standard InChI is InChI=1S/C29H31NO8/c1-35-29-24(30-27(32)21-14-8-9-15-22(21)28(33)34)26(37-18-20-12-6-3-7-13-20)25(23(16-31)38-29)36-17-19-10-4-2-5-11-19/h2-15,23-26,29,31H,16-18H2,1H3,(H,30,32)(H,33,34)/t23-,24-,25-,26-,29-/m1/s1. The molecule has 38 heavy (non-hydrogen) atoms. The van der Waals surface area contributed by atoms with Crippen LogP contribution in [0.5, 0.6) is 0 Å². The molecule has 1 aliphatic heterocycles. The van der Waals surface area contributed by atoms with Crippen LogP contribution in [0.4, 0.5) is 0 Å². The SMILES string of the molecule is CO[C@@H]1O[C@H](CO)[C@@H](OCc2ccccc2)[C@H](OCc2ccccc2)[C@H]1NC(=O)c1ccccc1C(=O)O. The predicted molar refractivity (Wildman–Crippen MR) is 137 cm³/mol. The zero-order chi connectivity index (χ0) is 26.9. The fraction of sp³-hybridized carbons (Fsp3) is 0.310. The van der Waals surface area contributed by atoms with Crippen molar-refractivity contribution in [2.24, 2.45) is 0 Å². The van der Waals surface area contributed by atoms with Crippen molar-refractivity contribution in [2.45, 2.75) is 43.9 Å². The van der Waals surface area contributed by atoms with Crippen LogP contribution >= 0.6 is 0 Å². The summed E-state index contributed by atoms with van der Waals surface area (Å²) in [6, 6.07) is 24.1. The Morgan fingerprint density at radius 3 is 1.87 bits per heavy atom. The van der Waals surface area contributed by atoms with Crippen LogP contribution < -0.4 is 5.32 Å². The Kier molecular flexibility index (Phi) is 9.58. The quantitative estimate of drug-likeness (QED) is 0.352. The number of ether oxygens (including phenoxy) is 4. The fourth-order valence-electron chi connectivity index (χ4n) is 4.44. The Labute approximate surface area is 220 Å². The first kappa shape index (κ1) is 27.4. The number of aromatic carboxylic acids is 1. The van der Waals surface area contributed by atoms with Gasteiger partial charge in [0.25, 0.3) is 5.91 Å². The topological polar surface area (TPSA) is 124 Å². The number of carboxylic acids is 1. The zero-order valence-corrected chi connectivity index (χ0v) is 20.9. The van der Waals surface area contributed by atoms with Gasteiger partial charge in [0.15, 0.2) is 6.29 Å². The summed E-state index contributed by atoms with van der Waals surface area (Å²) in [6.45, 7) is 0.0487. The van der Waals surface area contributed by atoms with Crippen molar-refractivity contribution in [1.82, 2.24) is 5.32 Å². The van der Waals surface area contributed by atoms with Crippen LogP contribution in [0.3, 0.4) is 0 Å². The summed E-state index contributed by atoms with van der Waals surface area (Å²) in [6.07, 6.45) is -3.39. The average molecular weight is 522 g/mol. The third-order valence-electron chi connectivity index (χ3n) is 6.33. The highest BCUT2D eigenvalue weighted by Gasteiger charge is 2.48. The number of carboxylic acid groups (broad SMARTS) is 1. The minimum atomic E-state index is -1.22. The Bertz CT molecular complexity index is 1190. The predicted octanol–water partition coefficient (Wildman–Crippen LogP) is 3.02. The third kappa shape index (κ3) is 6.63. The molecule has 1 fully saturated rings. The van der Waals surface area contributed by atoms with E-state index in [-0.39, 0.29) is 30.9 Å². The number of amides is 1. The normalized spacial score (nSPS) is 23.1. The monoisotopic (exact) mass is 521 g/mol. The first-order valence-electron chi connectivity index (χ1n) is 12.2. The second-order valence-corrected chi connectivity index (χ2v) is 8.83. The second-order valence-electron chi connectivity index (χ2n) is 8.83. The molecule has 1 heterocycles. The van der Waals surface area contributed by atoms with Crippen molar-refractivity contribution in [1.29, 1.82) is 0 Å². The number of aliphatic hydroxyl groups is 1. The molecule has 3 N–H and O–H groups in total. The third-order valence-corrected chi connectivity index (χ3v) is 6.33. The smallest absolute Gasteiger partial charge is 0.336 e.